The van der Waals surface area contributed by atoms with Crippen LogP contribution >= 0.6 is 11.3 Å². The summed E-state index contributed by atoms with van der Waals surface area (Å²) in [5.74, 6) is 0.0391. The molecule has 164 valence electrons. The SMILES string of the molecule is Cc1ccc(-n2nc(C)c3sc(N4CCC[C@@H](C(=O)Nc5ccccc5C)C4)nc32)cc1. The van der Waals surface area contributed by atoms with E-state index in [0.717, 1.165) is 57.5 Å². The summed E-state index contributed by atoms with van der Waals surface area (Å²) in [7, 11) is 0. The Labute approximate surface area is 191 Å². The number of hydrogen-bond donors (Lipinski definition) is 1. The molecule has 1 amide bonds. The van der Waals surface area contributed by atoms with E-state index < -0.39 is 0 Å². The lowest BCUT2D eigenvalue weighted by molar-refractivity contribution is -0.120. The Bertz CT molecular complexity index is 1270. The van der Waals surface area contributed by atoms with Crippen LogP contribution in [0.1, 0.15) is 29.7 Å². The van der Waals surface area contributed by atoms with E-state index in [4.69, 9.17) is 10.1 Å². The monoisotopic (exact) mass is 445 g/mol. The van der Waals surface area contributed by atoms with Crippen LogP contribution in [0.25, 0.3) is 16.0 Å². The zero-order chi connectivity index (χ0) is 22.2. The van der Waals surface area contributed by atoms with E-state index in [0.29, 0.717) is 6.54 Å². The molecule has 1 atom stereocenters. The number of nitrogens with one attached hydrogen (secondary N) is 1. The summed E-state index contributed by atoms with van der Waals surface area (Å²) >= 11 is 1.67. The van der Waals surface area contributed by atoms with Crippen LogP contribution in [0.3, 0.4) is 0 Å². The van der Waals surface area contributed by atoms with Crippen molar-refractivity contribution < 1.29 is 4.79 Å². The predicted octanol–water partition coefficient (Wildman–Crippen LogP) is 5.26. The standard InChI is InChI=1S/C25H27N5OS/c1-16-10-12-20(13-11-16)30-23-22(18(3)28-30)32-25(27-23)29-14-6-8-19(15-29)24(31)26-21-9-5-4-7-17(21)2/h4-5,7,9-13,19H,6,8,14-15H2,1-3H3,(H,26,31)/t19-/m1/s1. The van der Waals surface area contributed by atoms with Crippen molar-refractivity contribution in [3.8, 4) is 5.69 Å². The molecule has 4 aromatic rings. The first-order valence-corrected chi connectivity index (χ1v) is 11.9. The van der Waals surface area contributed by atoms with Crippen LogP contribution in [0.5, 0.6) is 0 Å². The first kappa shape index (κ1) is 20.7. The topological polar surface area (TPSA) is 63.1 Å². The third kappa shape index (κ3) is 3.88. The molecule has 0 aliphatic carbocycles. The van der Waals surface area contributed by atoms with Gasteiger partial charge in [-0.05, 0) is 57.4 Å². The second-order valence-corrected chi connectivity index (χ2v) is 9.55. The molecule has 1 aliphatic rings. The van der Waals surface area contributed by atoms with E-state index in [2.05, 4.69) is 41.4 Å². The molecule has 1 saturated heterocycles. The number of hydrogen-bond acceptors (Lipinski definition) is 5. The van der Waals surface area contributed by atoms with E-state index in [1.807, 2.05) is 42.8 Å². The molecule has 1 aliphatic heterocycles. The number of anilines is 2. The second kappa shape index (κ2) is 8.39. The first-order valence-electron chi connectivity index (χ1n) is 11.0. The summed E-state index contributed by atoms with van der Waals surface area (Å²) in [4.78, 5) is 20.2. The molecular formula is C25H27N5OS. The van der Waals surface area contributed by atoms with Crippen molar-refractivity contribution in [1.82, 2.24) is 14.8 Å². The van der Waals surface area contributed by atoms with E-state index in [-0.39, 0.29) is 11.8 Å². The van der Waals surface area contributed by atoms with E-state index in [9.17, 15) is 4.79 Å². The number of carbonyl (C=O) groups excluding carboxylic acids is 1. The van der Waals surface area contributed by atoms with Crippen LogP contribution in [0.4, 0.5) is 10.8 Å². The zero-order valence-corrected chi connectivity index (χ0v) is 19.4. The number of aromatic nitrogens is 3. The van der Waals surface area contributed by atoms with Gasteiger partial charge >= 0.3 is 0 Å². The Morgan fingerprint density at radius 3 is 2.66 bits per heavy atom. The molecule has 7 heteroatoms. The quantitative estimate of drug-likeness (QED) is 0.465. The van der Waals surface area contributed by atoms with Gasteiger partial charge < -0.3 is 10.2 Å². The van der Waals surface area contributed by atoms with Crippen LogP contribution in [0, 0.1) is 26.7 Å². The molecule has 0 spiro atoms. The fourth-order valence-electron chi connectivity index (χ4n) is 4.24. The van der Waals surface area contributed by atoms with Crippen molar-refractivity contribution in [3.05, 3.63) is 65.4 Å². The highest BCUT2D eigenvalue weighted by Gasteiger charge is 2.28. The maximum Gasteiger partial charge on any atom is 0.229 e. The van der Waals surface area contributed by atoms with Crippen LogP contribution in [0.15, 0.2) is 48.5 Å². The van der Waals surface area contributed by atoms with Crippen molar-refractivity contribution in [2.24, 2.45) is 5.92 Å². The van der Waals surface area contributed by atoms with Gasteiger partial charge in [-0.25, -0.2) is 4.68 Å². The Morgan fingerprint density at radius 1 is 1.09 bits per heavy atom. The van der Waals surface area contributed by atoms with Crippen LogP contribution in [0.2, 0.25) is 0 Å². The van der Waals surface area contributed by atoms with Crippen LogP contribution in [-0.2, 0) is 4.79 Å². The lowest BCUT2D eigenvalue weighted by Crippen LogP contribution is -2.40. The summed E-state index contributed by atoms with van der Waals surface area (Å²) in [5.41, 5.74) is 6.07. The first-order chi connectivity index (χ1) is 15.5. The van der Waals surface area contributed by atoms with E-state index in [1.54, 1.807) is 11.3 Å². The number of benzene rings is 2. The molecule has 0 saturated carbocycles. The fourth-order valence-corrected chi connectivity index (χ4v) is 5.26. The van der Waals surface area contributed by atoms with Crippen molar-refractivity contribution in [3.63, 3.8) is 0 Å². The number of nitrogens with zero attached hydrogens (tertiary/aromatic N) is 4. The van der Waals surface area contributed by atoms with E-state index in [1.165, 1.54) is 5.56 Å². The van der Waals surface area contributed by atoms with Crippen LogP contribution < -0.4 is 10.2 Å². The van der Waals surface area contributed by atoms with Gasteiger partial charge in [0.05, 0.1) is 22.0 Å². The lowest BCUT2D eigenvalue weighted by Gasteiger charge is -2.31. The predicted molar refractivity (Wildman–Crippen MR) is 131 cm³/mol. The minimum atomic E-state index is -0.0509. The Balaban J connectivity index is 1.38. The average molecular weight is 446 g/mol. The van der Waals surface area contributed by atoms with Gasteiger partial charge in [-0.3, -0.25) is 4.79 Å². The lowest BCUT2D eigenvalue weighted by atomic mass is 9.97. The highest BCUT2D eigenvalue weighted by Crippen LogP contribution is 2.34. The number of fused-ring (bicyclic) bond motifs is 1. The summed E-state index contributed by atoms with van der Waals surface area (Å²) in [6, 6.07) is 16.3. The summed E-state index contributed by atoms with van der Waals surface area (Å²) < 4.78 is 3.03. The van der Waals surface area contributed by atoms with Crippen molar-refractivity contribution in [2.45, 2.75) is 33.6 Å². The van der Waals surface area contributed by atoms with Gasteiger partial charge in [-0.2, -0.15) is 10.1 Å². The molecule has 0 bridgehead atoms. The smallest absolute Gasteiger partial charge is 0.229 e. The average Bonchev–Trinajstić information content (AvgIpc) is 3.37. The van der Waals surface area contributed by atoms with Gasteiger partial charge in [-0.15, -0.1) is 0 Å². The summed E-state index contributed by atoms with van der Waals surface area (Å²) in [6.45, 7) is 7.73. The van der Waals surface area contributed by atoms with E-state index >= 15 is 0 Å². The molecular weight excluding hydrogens is 418 g/mol. The van der Waals surface area contributed by atoms with Crippen molar-refractivity contribution >= 4 is 38.4 Å². The van der Waals surface area contributed by atoms with Gasteiger partial charge in [0.2, 0.25) is 5.91 Å². The van der Waals surface area contributed by atoms with Crippen molar-refractivity contribution in [1.29, 1.82) is 0 Å². The number of para-hydroxylation sites is 1. The Kier molecular flexibility index (Phi) is 5.43. The third-order valence-electron chi connectivity index (χ3n) is 6.12. The van der Waals surface area contributed by atoms with Gasteiger partial charge in [-0.1, -0.05) is 47.2 Å². The van der Waals surface area contributed by atoms with Gasteiger partial charge in [0.1, 0.15) is 0 Å². The second-order valence-electron chi connectivity index (χ2n) is 8.57. The number of piperidine rings is 1. The molecule has 3 heterocycles. The third-order valence-corrected chi connectivity index (χ3v) is 7.34. The van der Waals surface area contributed by atoms with Crippen molar-refractivity contribution in [2.75, 3.05) is 23.3 Å². The molecule has 1 fully saturated rings. The van der Waals surface area contributed by atoms with Gasteiger partial charge in [0, 0.05) is 18.8 Å². The highest BCUT2D eigenvalue weighted by molar-refractivity contribution is 7.22. The number of rotatable bonds is 4. The Morgan fingerprint density at radius 2 is 1.88 bits per heavy atom. The molecule has 0 unspecified atom stereocenters. The highest BCUT2D eigenvalue weighted by atomic mass is 32.1. The normalized spacial score (nSPS) is 16.5. The molecule has 5 rings (SSSR count). The Hall–Kier alpha value is -3.19. The largest absolute Gasteiger partial charge is 0.347 e. The summed E-state index contributed by atoms with van der Waals surface area (Å²) in [6.07, 6.45) is 1.88. The van der Waals surface area contributed by atoms with Crippen LogP contribution in [-0.4, -0.2) is 33.8 Å². The number of amides is 1. The fraction of sp³-hybridized carbons (Fsp3) is 0.320. The maximum atomic E-state index is 13.0. The molecule has 0 radical (unpaired) electrons. The summed E-state index contributed by atoms with van der Waals surface area (Å²) in [5, 5.41) is 8.80. The molecule has 2 aromatic heterocycles. The molecule has 6 nitrogen and oxygen atoms in total. The number of aryl methyl sites for hydroxylation is 3. The molecule has 2 aromatic carbocycles. The van der Waals surface area contributed by atoms with Gasteiger partial charge in [0.15, 0.2) is 10.8 Å². The molecule has 1 N–H and O–H groups in total. The number of thiazole rings is 1. The zero-order valence-electron chi connectivity index (χ0n) is 18.6. The molecule has 32 heavy (non-hydrogen) atoms. The minimum absolute atomic E-state index is 0.0509. The number of carbonyl (C=O) groups is 1. The van der Waals surface area contributed by atoms with Gasteiger partial charge in [0.25, 0.3) is 0 Å². The maximum absolute atomic E-state index is 13.0. The minimum Gasteiger partial charge on any atom is -0.347 e.